The van der Waals surface area contributed by atoms with Crippen molar-refractivity contribution in [2.75, 3.05) is 7.11 Å². The van der Waals surface area contributed by atoms with Gasteiger partial charge in [-0.2, -0.15) is 0 Å². The fraction of sp³-hybridized carbons (Fsp3) is 0.469. The number of pyridine rings is 1. The van der Waals surface area contributed by atoms with Crippen molar-refractivity contribution in [3.63, 3.8) is 0 Å². The average Bonchev–Trinajstić information content (AvgIpc) is 3.72. The number of rotatable bonds is 9. The largest absolute Gasteiger partial charge is 0.478 e. The van der Waals surface area contributed by atoms with Crippen LogP contribution in [-0.4, -0.2) is 33.9 Å². The molecule has 216 valence electrons. The monoisotopic (exact) mass is 596 g/mol. The second-order valence-corrected chi connectivity index (χ2v) is 12.2. The summed E-state index contributed by atoms with van der Waals surface area (Å²) in [6, 6.07) is 5.14. The zero-order valence-corrected chi connectivity index (χ0v) is 25.1. The van der Waals surface area contributed by atoms with Crippen LogP contribution < -0.4 is 0 Å². The zero-order valence-electron chi connectivity index (χ0n) is 23.6. The van der Waals surface area contributed by atoms with Gasteiger partial charge < -0.3 is 19.1 Å². The molecule has 0 amide bonds. The smallest absolute Gasteiger partial charge is 0.335 e. The lowest BCUT2D eigenvalue weighted by atomic mass is 9.69. The summed E-state index contributed by atoms with van der Waals surface area (Å²) >= 11 is 13.0. The highest BCUT2D eigenvalue weighted by atomic mass is 35.5. The maximum Gasteiger partial charge on any atom is 0.335 e. The van der Waals surface area contributed by atoms with Crippen molar-refractivity contribution in [2.24, 2.45) is 5.41 Å². The predicted octanol–water partition coefficient (Wildman–Crippen LogP) is 8.06. The molecule has 2 fully saturated rings. The molecular formula is C32H34Cl2N2O5. The lowest BCUT2D eigenvalue weighted by Gasteiger charge is -2.42. The van der Waals surface area contributed by atoms with Crippen LogP contribution in [0.4, 0.5) is 0 Å². The lowest BCUT2D eigenvalue weighted by Crippen LogP contribution is -2.39. The number of halogens is 2. The van der Waals surface area contributed by atoms with E-state index in [0.717, 1.165) is 61.8 Å². The third-order valence-electron chi connectivity index (χ3n) is 8.35. The molecule has 0 saturated heterocycles. The first-order valence-electron chi connectivity index (χ1n) is 14.0. The molecule has 41 heavy (non-hydrogen) atoms. The second-order valence-electron chi connectivity index (χ2n) is 11.4. The van der Waals surface area contributed by atoms with Crippen LogP contribution in [0, 0.1) is 17.3 Å². The zero-order chi connectivity index (χ0) is 29.2. The molecule has 0 aliphatic heterocycles. The van der Waals surface area contributed by atoms with Crippen LogP contribution >= 0.6 is 23.2 Å². The number of hydrogen-bond acceptors (Lipinski definition) is 6. The van der Waals surface area contributed by atoms with Crippen LogP contribution in [0.5, 0.6) is 0 Å². The molecule has 2 aliphatic carbocycles. The molecule has 0 spiro atoms. The lowest BCUT2D eigenvalue weighted by molar-refractivity contribution is -0.0952. The SMILES string of the molecule is CCC1(OCc2c(-c3c(Cl)cncc3Cl)noc2C2CC2)CCC(C)(C#Cc2cc(COC)cc(C(=O)O)c2)CC1. The third-order valence-corrected chi connectivity index (χ3v) is 8.92. The van der Waals surface area contributed by atoms with Gasteiger partial charge in [-0.05, 0) is 75.6 Å². The molecule has 7 nitrogen and oxygen atoms in total. The minimum Gasteiger partial charge on any atom is -0.478 e. The molecule has 2 aliphatic rings. The second kappa shape index (κ2) is 12.1. The Morgan fingerprint density at radius 1 is 1.12 bits per heavy atom. The van der Waals surface area contributed by atoms with Crippen molar-refractivity contribution in [3.8, 4) is 23.1 Å². The number of nitrogens with zero attached hydrogens (tertiary/aromatic N) is 2. The van der Waals surface area contributed by atoms with Crippen LogP contribution in [0.2, 0.25) is 10.0 Å². The summed E-state index contributed by atoms with van der Waals surface area (Å²) in [5.74, 6) is 6.94. The summed E-state index contributed by atoms with van der Waals surface area (Å²) in [4.78, 5) is 15.7. The van der Waals surface area contributed by atoms with Crippen LogP contribution in [0.25, 0.3) is 11.3 Å². The van der Waals surface area contributed by atoms with Crippen LogP contribution in [-0.2, 0) is 22.7 Å². The van der Waals surface area contributed by atoms with Crippen molar-refractivity contribution >= 4 is 29.2 Å². The highest BCUT2D eigenvalue weighted by Gasteiger charge is 2.41. The van der Waals surface area contributed by atoms with Crippen molar-refractivity contribution in [1.29, 1.82) is 0 Å². The van der Waals surface area contributed by atoms with E-state index in [9.17, 15) is 9.90 Å². The number of hydrogen-bond donors (Lipinski definition) is 1. The van der Waals surface area contributed by atoms with Crippen LogP contribution in [0.3, 0.4) is 0 Å². The highest BCUT2D eigenvalue weighted by molar-refractivity contribution is 6.38. The quantitative estimate of drug-likeness (QED) is 0.249. The third kappa shape index (κ3) is 6.62. The van der Waals surface area contributed by atoms with Gasteiger partial charge >= 0.3 is 5.97 Å². The molecule has 1 aromatic carbocycles. The topological polar surface area (TPSA) is 94.7 Å². The van der Waals surface area contributed by atoms with E-state index in [1.54, 1.807) is 31.6 Å². The van der Waals surface area contributed by atoms with Gasteiger partial charge in [0.15, 0.2) is 0 Å². The van der Waals surface area contributed by atoms with Crippen molar-refractivity contribution < 1.29 is 23.9 Å². The Morgan fingerprint density at radius 3 is 2.44 bits per heavy atom. The Hall–Kier alpha value is -2.89. The summed E-state index contributed by atoms with van der Waals surface area (Å²) in [5.41, 5.74) is 3.34. The number of methoxy groups -OCH3 is 1. The first kappa shape index (κ1) is 29.6. The van der Waals surface area contributed by atoms with E-state index in [0.29, 0.717) is 46.0 Å². The maximum atomic E-state index is 11.6. The first-order chi connectivity index (χ1) is 19.7. The van der Waals surface area contributed by atoms with Crippen molar-refractivity contribution in [1.82, 2.24) is 10.1 Å². The normalized spacial score (nSPS) is 22.3. The number of aromatic carboxylic acids is 1. The van der Waals surface area contributed by atoms with Gasteiger partial charge in [0.05, 0.1) is 34.4 Å². The van der Waals surface area contributed by atoms with Gasteiger partial charge in [0, 0.05) is 47.5 Å². The summed E-state index contributed by atoms with van der Waals surface area (Å²) in [7, 11) is 1.59. The Labute approximate surface area is 250 Å². The molecule has 2 heterocycles. The summed E-state index contributed by atoms with van der Waals surface area (Å²) in [6.45, 7) is 5.03. The van der Waals surface area contributed by atoms with Gasteiger partial charge in [0.25, 0.3) is 0 Å². The average molecular weight is 598 g/mol. The fourth-order valence-corrected chi connectivity index (χ4v) is 6.07. The van der Waals surface area contributed by atoms with Crippen molar-refractivity contribution in [2.45, 2.75) is 83.5 Å². The van der Waals surface area contributed by atoms with Crippen molar-refractivity contribution in [3.05, 3.63) is 68.7 Å². The standard InChI is InChI=1S/C32H34Cl2N2O5/c1-4-32(40-19-24-28(36-41-29(24)22-5-6-22)27-25(33)16-35-17-26(27)34)11-9-31(2,10-12-32)8-7-20-13-21(18-39-3)15-23(14-20)30(37)38/h13-17,22H,4-6,9-12,18-19H2,1-3H3,(H,37,38). The number of aromatic nitrogens is 2. The van der Waals surface area contributed by atoms with E-state index in [1.807, 2.05) is 6.07 Å². The van der Waals surface area contributed by atoms with E-state index >= 15 is 0 Å². The molecule has 0 atom stereocenters. The maximum absolute atomic E-state index is 11.6. The first-order valence-corrected chi connectivity index (χ1v) is 14.7. The fourth-order valence-electron chi connectivity index (χ4n) is 5.53. The molecule has 9 heteroatoms. The molecule has 0 radical (unpaired) electrons. The summed E-state index contributed by atoms with van der Waals surface area (Å²) in [5, 5.41) is 14.7. The minimum absolute atomic E-state index is 0.206. The Bertz CT molecular complexity index is 1470. The number of ether oxygens (including phenoxy) is 2. The molecular weight excluding hydrogens is 563 g/mol. The van der Waals surface area contributed by atoms with Gasteiger partial charge in [-0.25, -0.2) is 4.79 Å². The summed E-state index contributed by atoms with van der Waals surface area (Å²) in [6.07, 6.45) is 9.57. The molecule has 5 rings (SSSR count). The van der Waals surface area contributed by atoms with E-state index in [2.05, 4.69) is 35.8 Å². The Kier molecular flexibility index (Phi) is 8.77. The van der Waals surface area contributed by atoms with E-state index in [4.69, 9.17) is 37.2 Å². The number of carbonyl (C=O) groups is 1. The highest BCUT2D eigenvalue weighted by Crippen LogP contribution is 2.48. The molecule has 1 N–H and O–H groups in total. The Morgan fingerprint density at radius 2 is 1.83 bits per heavy atom. The number of carboxylic acid groups (broad SMARTS) is 1. The molecule has 2 aromatic heterocycles. The molecule has 2 saturated carbocycles. The van der Waals surface area contributed by atoms with Gasteiger partial charge in [0.2, 0.25) is 0 Å². The molecule has 0 unspecified atom stereocenters. The van der Waals surface area contributed by atoms with Gasteiger partial charge in [0.1, 0.15) is 11.5 Å². The van der Waals surface area contributed by atoms with Crippen LogP contribution in [0.15, 0.2) is 35.1 Å². The van der Waals surface area contributed by atoms with Gasteiger partial charge in [-0.1, -0.05) is 47.1 Å². The van der Waals surface area contributed by atoms with E-state index in [-0.39, 0.29) is 16.6 Å². The van der Waals surface area contributed by atoms with Gasteiger partial charge in [-0.15, -0.1) is 0 Å². The number of carboxylic acids is 1. The predicted molar refractivity (Wildman–Crippen MR) is 157 cm³/mol. The summed E-state index contributed by atoms with van der Waals surface area (Å²) < 4.78 is 17.8. The van der Waals surface area contributed by atoms with Gasteiger partial charge in [-0.3, -0.25) is 4.98 Å². The molecule has 3 aromatic rings. The minimum atomic E-state index is -0.978. The van der Waals surface area contributed by atoms with Crippen LogP contribution in [0.1, 0.15) is 97.5 Å². The van der Waals surface area contributed by atoms with E-state index in [1.165, 1.54) is 0 Å². The molecule has 0 bridgehead atoms. The van der Waals surface area contributed by atoms with E-state index < -0.39 is 5.97 Å². The number of benzene rings is 1. The Balaban J connectivity index is 1.32.